The first kappa shape index (κ1) is 17.9. The maximum absolute atomic E-state index is 5.87. The number of halogens is 1. The fourth-order valence-electron chi connectivity index (χ4n) is 3.70. The molecule has 1 saturated heterocycles. The van der Waals surface area contributed by atoms with Crippen LogP contribution >= 0.6 is 20.8 Å². The van der Waals surface area contributed by atoms with Crippen molar-refractivity contribution in [2.24, 2.45) is 0 Å². The molecule has 2 nitrogen and oxygen atoms in total. The monoisotopic (exact) mass is 428 g/mol. The third-order valence-electron chi connectivity index (χ3n) is 5.13. The van der Waals surface area contributed by atoms with Crippen molar-refractivity contribution in [2.75, 3.05) is 19.9 Å². The van der Waals surface area contributed by atoms with Gasteiger partial charge in [0.1, 0.15) is 0 Å². The molecule has 0 spiro atoms. The van der Waals surface area contributed by atoms with Crippen LogP contribution in [0.3, 0.4) is 0 Å². The van der Waals surface area contributed by atoms with Gasteiger partial charge in [0, 0.05) is 0 Å². The summed E-state index contributed by atoms with van der Waals surface area (Å²) in [6.45, 7) is 3.62. The number of hydrogen-bond donors (Lipinski definition) is 0. The Morgan fingerprint density at radius 1 is 0.731 bits per heavy atom. The van der Waals surface area contributed by atoms with Crippen LogP contribution in [0.1, 0.15) is 11.9 Å². The van der Waals surface area contributed by atoms with Crippen LogP contribution in [0.5, 0.6) is 0 Å². The molecule has 1 aliphatic heterocycles. The third-order valence-corrected chi connectivity index (χ3v) is 13.3. The van der Waals surface area contributed by atoms with E-state index in [0.717, 1.165) is 5.56 Å². The van der Waals surface area contributed by atoms with E-state index in [-0.39, 0.29) is 6.29 Å². The normalized spacial score (nSPS) is 16.9. The van der Waals surface area contributed by atoms with E-state index in [1.165, 1.54) is 15.9 Å². The van der Waals surface area contributed by atoms with Crippen LogP contribution in [0, 0.1) is 0 Å². The first-order valence-corrected chi connectivity index (χ1v) is 13.5. The van der Waals surface area contributed by atoms with Gasteiger partial charge in [-0.3, -0.25) is 0 Å². The minimum absolute atomic E-state index is 0.308. The Morgan fingerprint density at radius 3 is 1.73 bits per heavy atom. The molecule has 1 heterocycles. The predicted octanol–water partition coefficient (Wildman–Crippen LogP) is 4.50. The molecule has 0 saturated carbocycles. The molecule has 134 valence electrons. The van der Waals surface area contributed by atoms with Gasteiger partial charge in [-0.1, -0.05) is 0 Å². The quantitative estimate of drug-likeness (QED) is 0.569. The van der Waals surface area contributed by atoms with E-state index in [1.54, 1.807) is 0 Å². The fourth-order valence-corrected chi connectivity index (χ4v) is 9.94. The van der Waals surface area contributed by atoms with E-state index in [4.69, 9.17) is 9.47 Å². The van der Waals surface area contributed by atoms with Crippen LogP contribution < -0.4 is 15.9 Å². The van der Waals surface area contributed by atoms with Crippen LogP contribution in [0.15, 0.2) is 84.9 Å². The summed E-state index contributed by atoms with van der Waals surface area (Å²) in [6.07, 6.45) is -0.308. The van der Waals surface area contributed by atoms with Crippen molar-refractivity contribution in [3.8, 4) is 0 Å². The molecule has 0 aromatic heterocycles. The average molecular weight is 429 g/mol. The topological polar surface area (TPSA) is 18.5 Å². The minimum atomic E-state index is -2.84. The zero-order valence-electron chi connectivity index (χ0n) is 14.7. The number of rotatable bonds is 4. The SMILES string of the molecule is CP(Br)(c1ccccc1)(c1ccccc1)c1ccccc1C1OCCO1. The van der Waals surface area contributed by atoms with Crippen molar-refractivity contribution in [1.29, 1.82) is 0 Å². The Balaban J connectivity index is 2.03. The Hall–Kier alpha value is -1.51. The van der Waals surface area contributed by atoms with Gasteiger partial charge in [-0.15, -0.1) is 0 Å². The molecule has 0 aliphatic carbocycles. The maximum atomic E-state index is 5.87. The Kier molecular flexibility index (Phi) is 4.75. The molecule has 0 bridgehead atoms. The van der Waals surface area contributed by atoms with E-state index >= 15 is 0 Å². The number of hydrogen-bond acceptors (Lipinski definition) is 2. The summed E-state index contributed by atoms with van der Waals surface area (Å²) in [5.74, 6) is 0. The van der Waals surface area contributed by atoms with Crippen LogP contribution in [-0.4, -0.2) is 19.9 Å². The third kappa shape index (κ3) is 2.84. The first-order chi connectivity index (χ1) is 12.6. The first-order valence-electron chi connectivity index (χ1n) is 8.77. The second-order valence-electron chi connectivity index (χ2n) is 6.73. The zero-order chi connectivity index (χ0) is 18.1. The van der Waals surface area contributed by atoms with Gasteiger partial charge in [-0.2, -0.15) is 0 Å². The summed E-state index contributed by atoms with van der Waals surface area (Å²) in [5, 5.41) is 0.983. The molecule has 0 amide bonds. The number of ether oxygens (including phenoxy) is 2. The Bertz CT molecular complexity index is 847. The van der Waals surface area contributed by atoms with E-state index in [9.17, 15) is 0 Å². The Labute approximate surface area is 162 Å². The Morgan fingerprint density at radius 2 is 1.19 bits per heavy atom. The molecule has 0 radical (unpaired) electrons. The standard InChI is InChI=1S/C22H22BrO2P/c1-26(23,18-10-4-2-5-11-18,19-12-6-3-7-13-19)21-15-9-8-14-20(21)22-24-16-17-25-22/h2-15,22H,16-17H2,1H3. The van der Waals surface area contributed by atoms with Crippen molar-refractivity contribution in [2.45, 2.75) is 6.29 Å². The molecule has 3 aromatic rings. The molecule has 1 aliphatic rings. The van der Waals surface area contributed by atoms with Gasteiger partial charge in [-0.25, -0.2) is 0 Å². The molecule has 26 heavy (non-hydrogen) atoms. The van der Waals surface area contributed by atoms with Gasteiger partial charge in [0.15, 0.2) is 0 Å². The van der Waals surface area contributed by atoms with Crippen molar-refractivity contribution >= 4 is 36.7 Å². The van der Waals surface area contributed by atoms with E-state index in [0.29, 0.717) is 13.2 Å². The van der Waals surface area contributed by atoms with E-state index < -0.39 is 5.31 Å². The van der Waals surface area contributed by atoms with Gasteiger partial charge in [-0.05, 0) is 0 Å². The summed E-state index contributed by atoms with van der Waals surface area (Å²) >= 11 is 4.33. The molecule has 1 fully saturated rings. The van der Waals surface area contributed by atoms with Gasteiger partial charge < -0.3 is 0 Å². The van der Waals surface area contributed by atoms with Gasteiger partial charge in [0.25, 0.3) is 0 Å². The van der Waals surface area contributed by atoms with Crippen LogP contribution in [0.4, 0.5) is 0 Å². The summed E-state index contributed by atoms with van der Waals surface area (Å²) in [4.78, 5) is 0. The fraction of sp³-hybridized carbons (Fsp3) is 0.182. The summed E-state index contributed by atoms with van der Waals surface area (Å²) in [5.41, 5.74) is 1.11. The van der Waals surface area contributed by atoms with Gasteiger partial charge >= 0.3 is 163 Å². The molecule has 4 rings (SSSR count). The van der Waals surface area contributed by atoms with Crippen molar-refractivity contribution in [3.05, 3.63) is 90.5 Å². The summed E-state index contributed by atoms with van der Waals surface area (Å²) in [6, 6.07) is 29.9. The molecular weight excluding hydrogens is 407 g/mol. The van der Waals surface area contributed by atoms with Crippen molar-refractivity contribution in [1.82, 2.24) is 0 Å². The molecule has 0 atom stereocenters. The van der Waals surface area contributed by atoms with Crippen molar-refractivity contribution in [3.63, 3.8) is 0 Å². The summed E-state index contributed by atoms with van der Waals surface area (Å²) < 4.78 is 11.7. The molecule has 0 N–H and O–H groups in total. The van der Waals surface area contributed by atoms with Gasteiger partial charge in [0.2, 0.25) is 0 Å². The molecule has 3 aromatic carbocycles. The average Bonchev–Trinajstić information content (AvgIpc) is 3.24. The zero-order valence-corrected chi connectivity index (χ0v) is 17.2. The number of benzene rings is 3. The molecule has 0 unspecified atom stereocenters. The van der Waals surface area contributed by atoms with Crippen molar-refractivity contribution < 1.29 is 9.47 Å². The second kappa shape index (κ2) is 6.90. The van der Waals surface area contributed by atoms with Gasteiger partial charge in [0.05, 0.1) is 0 Å². The van der Waals surface area contributed by atoms with Crippen LogP contribution in [0.2, 0.25) is 0 Å². The van der Waals surface area contributed by atoms with Crippen LogP contribution in [0.25, 0.3) is 0 Å². The molecular formula is C22H22BrO2P. The summed E-state index contributed by atoms with van der Waals surface area (Å²) in [7, 11) is 0. The van der Waals surface area contributed by atoms with Crippen LogP contribution in [-0.2, 0) is 9.47 Å². The van der Waals surface area contributed by atoms with E-state index in [2.05, 4.69) is 107 Å². The van der Waals surface area contributed by atoms with E-state index in [1.807, 2.05) is 0 Å². The second-order valence-corrected chi connectivity index (χ2v) is 16.4. The molecule has 4 heteroatoms. The predicted molar refractivity (Wildman–Crippen MR) is 115 cm³/mol.